The minimum atomic E-state index is -3.84. The summed E-state index contributed by atoms with van der Waals surface area (Å²) in [6.45, 7) is 0.124. The first kappa shape index (κ1) is 19.8. The number of benzene rings is 1. The maximum absolute atomic E-state index is 13.0. The fraction of sp³-hybridized carbons (Fsp3) is 0.438. The molecule has 0 spiro atoms. The van der Waals surface area contributed by atoms with Crippen LogP contribution in [0.3, 0.4) is 0 Å². The summed E-state index contributed by atoms with van der Waals surface area (Å²) in [5, 5.41) is 6.43. The average Bonchev–Trinajstić information content (AvgIpc) is 3.25. The van der Waals surface area contributed by atoms with Crippen molar-refractivity contribution in [2.75, 3.05) is 13.1 Å². The molecule has 0 N–H and O–H groups in total. The highest BCUT2D eigenvalue weighted by Crippen LogP contribution is 2.28. The third kappa shape index (κ3) is 3.18. The second-order valence-electron chi connectivity index (χ2n) is 6.93. The molecule has 0 aliphatic carbocycles. The highest BCUT2D eigenvalue weighted by atomic mass is 32.2. The number of sulfonamides is 1. The molecule has 156 valence electrons. The van der Waals surface area contributed by atoms with Gasteiger partial charge in [-0.1, -0.05) is 0 Å². The Hall–Kier alpha value is -2.51. The van der Waals surface area contributed by atoms with Crippen LogP contribution in [0.2, 0.25) is 0 Å². The van der Waals surface area contributed by atoms with Crippen molar-refractivity contribution in [2.24, 2.45) is 14.1 Å². The summed E-state index contributed by atoms with van der Waals surface area (Å²) in [6, 6.07) is 4.20. The zero-order chi connectivity index (χ0) is 21.0. The van der Waals surface area contributed by atoms with Crippen molar-refractivity contribution in [2.45, 2.75) is 28.1 Å². The molecule has 29 heavy (non-hydrogen) atoms. The Morgan fingerprint density at radius 3 is 2.41 bits per heavy atom. The second-order valence-corrected chi connectivity index (χ2v) is 11.0. The summed E-state index contributed by atoms with van der Waals surface area (Å²) < 4.78 is 60.4. The molecule has 0 amide bonds. The van der Waals surface area contributed by atoms with Gasteiger partial charge in [0.15, 0.2) is 5.58 Å². The second kappa shape index (κ2) is 6.78. The van der Waals surface area contributed by atoms with E-state index in [0.29, 0.717) is 11.1 Å². The first-order chi connectivity index (χ1) is 13.6. The molecule has 0 unspecified atom stereocenters. The van der Waals surface area contributed by atoms with Gasteiger partial charge in [0.25, 0.3) is 0 Å². The lowest BCUT2D eigenvalue weighted by atomic mass is 10.2. The van der Waals surface area contributed by atoms with E-state index in [4.69, 9.17) is 4.42 Å². The lowest BCUT2D eigenvalue weighted by Crippen LogP contribution is -2.42. The van der Waals surface area contributed by atoms with Gasteiger partial charge in [-0.3, -0.25) is 4.57 Å². The zero-order valence-electron chi connectivity index (χ0n) is 15.7. The Bertz CT molecular complexity index is 1340. The fourth-order valence-corrected chi connectivity index (χ4v) is 6.71. The molecule has 2 aromatic heterocycles. The number of rotatable bonds is 4. The molecule has 13 heteroatoms. The van der Waals surface area contributed by atoms with Crippen molar-refractivity contribution in [1.29, 1.82) is 0 Å². The lowest BCUT2D eigenvalue weighted by molar-refractivity contribution is 0.345. The topological polar surface area (TPSA) is 137 Å². The SMILES string of the molecule is Cn1cnnc1S(=O)(=O)C1CCN(S(=O)(=O)c2ccc3oc(=O)n(C)c3c2)CC1. The summed E-state index contributed by atoms with van der Waals surface area (Å²) >= 11 is 0. The van der Waals surface area contributed by atoms with Crippen molar-refractivity contribution < 1.29 is 21.3 Å². The van der Waals surface area contributed by atoms with E-state index in [1.807, 2.05) is 0 Å². The number of hydrogen-bond donors (Lipinski definition) is 0. The van der Waals surface area contributed by atoms with Gasteiger partial charge in [-0.15, -0.1) is 10.2 Å². The van der Waals surface area contributed by atoms with Crippen LogP contribution in [-0.4, -0.2) is 58.8 Å². The molecule has 0 atom stereocenters. The van der Waals surface area contributed by atoms with Gasteiger partial charge in [0.2, 0.25) is 25.0 Å². The lowest BCUT2D eigenvalue weighted by Gasteiger charge is -2.30. The minimum Gasteiger partial charge on any atom is -0.408 e. The van der Waals surface area contributed by atoms with Crippen LogP contribution in [0, 0.1) is 0 Å². The minimum absolute atomic E-state index is 0.0241. The molecular weight excluding hydrogens is 422 g/mol. The number of aryl methyl sites for hydroxylation is 2. The summed E-state index contributed by atoms with van der Waals surface area (Å²) in [4.78, 5) is 11.6. The van der Waals surface area contributed by atoms with Gasteiger partial charge >= 0.3 is 5.76 Å². The van der Waals surface area contributed by atoms with E-state index in [9.17, 15) is 21.6 Å². The number of oxazole rings is 1. The largest absolute Gasteiger partial charge is 0.419 e. The Morgan fingerprint density at radius 2 is 1.79 bits per heavy atom. The van der Waals surface area contributed by atoms with Crippen molar-refractivity contribution in [1.82, 2.24) is 23.6 Å². The Morgan fingerprint density at radius 1 is 1.10 bits per heavy atom. The van der Waals surface area contributed by atoms with Crippen LogP contribution in [0.15, 0.2) is 43.8 Å². The molecule has 1 aliphatic heterocycles. The molecule has 0 radical (unpaired) electrons. The first-order valence-electron chi connectivity index (χ1n) is 8.80. The molecule has 0 saturated carbocycles. The molecule has 0 bridgehead atoms. The van der Waals surface area contributed by atoms with Gasteiger partial charge in [-0.25, -0.2) is 21.6 Å². The summed E-state index contributed by atoms with van der Waals surface area (Å²) in [6.07, 6.45) is 1.62. The highest BCUT2D eigenvalue weighted by molar-refractivity contribution is 7.92. The van der Waals surface area contributed by atoms with Crippen LogP contribution in [-0.2, 0) is 34.0 Å². The number of nitrogens with zero attached hydrogens (tertiary/aromatic N) is 5. The maximum atomic E-state index is 13.0. The standard InChI is InChI=1S/C16H19N5O6S2/c1-19-10-17-18-15(19)28(23,24)11-5-7-21(8-6-11)29(25,26)12-3-4-14-13(9-12)20(2)16(22)27-14/h3-4,9-11H,5-8H2,1-2H3. The number of aromatic nitrogens is 4. The van der Waals surface area contributed by atoms with Gasteiger partial charge in [0, 0.05) is 27.2 Å². The smallest absolute Gasteiger partial charge is 0.408 e. The quantitative estimate of drug-likeness (QED) is 0.547. The molecule has 1 aliphatic rings. The third-order valence-corrected chi connectivity index (χ3v) is 9.29. The van der Waals surface area contributed by atoms with Gasteiger partial charge in [-0.2, -0.15) is 4.31 Å². The molecule has 4 rings (SSSR count). The van der Waals surface area contributed by atoms with E-state index in [-0.39, 0.29) is 36.0 Å². The van der Waals surface area contributed by atoms with Crippen LogP contribution in [0.4, 0.5) is 0 Å². The molecular formula is C16H19N5O6S2. The van der Waals surface area contributed by atoms with E-state index in [0.717, 1.165) is 0 Å². The molecule has 11 nitrogen and oxygen atoms in total. The number of sulfone groups is 1. The van der Waals surface area contributed by atoms with Crippen molar-refractivity contribution in [3.8, 4) is 0 Å². The predicted molar refractivity (Wildman–Crippen MR) is 101 cm³/mol. The predicted octanol–water partition coefficient (Wildman–Crippen LogP) is -0.113. The van der Waals surface area contributed by atoms with Crippen LogP contribution in [0.25, 0.3) is 11.1 Å². The molecule has 1 saturated heterocycles. The normalized spacial score (nSPS) is 17.2. The first-order valence-corrected chi connectivity index (χ1v) is 11.8. The Labute approximate surface area is 166 Å². The fourth-order valence-electron chi connectivity index (χ4n) is 3.48. The van der Waals surface area contributed by atoms with Gasteiger partial charge in [0.1, 0.15) is 6.33 Å². The molecule has 3 heterocycles. The van der Waals surface area contributed by atoms with Crippen molar-refractivity contribution in [3.05, 3.63) is 35.1 Å². The van der Waals surface area contributed by atoms with Crippen LogP contribution >= 0.6 is 0 Å². The Kier molecular flexibility index (Phi) is 4.63. The van der Waals surface area contributed by atoms with E-state index >= 15 is 0 Å². The average molecular weight is 441 g/mol. The summed E-state index contributed by atoms with van der Waals surface area (Å²) in [5.74, 6) is -0.579. The van der Waals surface area contributed by atoms with Crippen molar-refractivity contribution >= 4 is 31.0 Å². The molecule has 1 fully saturated rings. The van der Waals surface area contributed by atoms with Crippen molar-refractivity contribution in [3.63, 3.8) is 0 Å². The zero-order valence-corrected chi connectivity index (χ0v) is 17.4. The van der Waals surface area contributed by atoms with Crippen LogP contribution in [0.5, 0.6) is 0 Å². The van der Waals surface area contributed by atoms with E-state index in [1.54, 1.807) is 7.05 Å². The van der Waals surface area contributed by atoms with Crippen LogP contribution < -0.4 is 5.76 Å². The summed E-state index contributed by atoms with van der Waals surface area (Å²) in [7, 11) is -4.50. The van der Waals surface area contributed by atoms with Gasteiger partial charge in [0.05, 0.1) is 15.7 Å². The van der Waals surface area contributed by atoms with E-state index < -0.39 is 30.9 Å². The monoisotopic (exact) mass is 441 g/mol. The Balaban J connectivity index is 1.57. The maximum Gasteiger partial charge on any atom is 0.419 e. The highest BCUT2D eigenvalue weighted by Gasteiger charge is 2.37. The van der Waals surface area contributed by atoms with Gasteiger partial charge in [-0.05, 0) is 31.0 Å². The van der Waals surface area contributed by atoms with Crippen LogP contribution in [0.1, 0.15) is 12.8 Å². The number of fused-ring (bicyclic) bond motifs is 1. The molecule has 3 aromatic rings. The van der Waals surface area contributed by atoms with E-state index in [2.05, 4.69) is 10.2 Å². The third-order valence-electron chi connectivity index (χ3n) is 5.16. The van der Waals surface area contributed by atoms with Gasteiger partial charge < -0.3 is 8.98 Å². The summed E-state index contributed by atoms with van der Waals surface area (Å²) in [5.41, 5.74) is 0.667. The number of piperidine rings is 1. The van der Waals surface area contributed by atoms with E-state index in [1.165, 1.54) is 45.0 Å². The number of hydrogen-bond acceptors (Lipinski definition) is 8. The molecule has 1 aromatic carbocycles.